The zero-order valence-electron chi connectivity index (χ0n) is 10.7. The summed E-state index contributed by atoms with van der Waals surface area (Å²) < 4.78 is 0. The Hall–Kier alpha value is -1.86. The Kier molecular flexibility index (Phi) is 3.63. The molecule has 1 heterocycles. The van der Waals surface area contributed by atoms with Gasteiger partial charge in [-0.25, -0.2) is 4.98 Å². The van der Waals surface area contributed by atoms with Crippen molar-refractivity contribution < 1.29 is 0 Å². The van der Waals surface area contributed by atoms with Crippen molar-refractivity contribution in [3.8, 4) is 6.07 Å². The van der Waals surface area contributed by atoms with Gasteiger partial charge in [-0.3, -0.25) is 0 Å². The molecule has 92 valence electrons. The van der Waals surface area contributed by atoms with E-state index < -0.39 is 0 Å². The lowest BCUT2D eigenvalue weighted by molar-refractivity contribution is 0.867. The second kappa shape index (κ2) is 5.19. The van der Waals surface area contributed by atoms with E-state index in [4.69, 9.17) is 5.26 Å². The second-order valence-electron chi connectivity index (χ2n) is 4.42. The zero-order valence-corrected chi connectivity index (χ0v) is 11.5. The summed E-state index contributed by atoms with van der Waals surface area (Å²) in [5.41, 5.74) is 2.26. The first-order chi connectivity index (χ1) is 8.60. The summed E-state index contributed by atoms with van der Waals surface area (Å²) in [5.74, 6) is 1.17. The molecule has 1 aromatic heterocycles. The van der Waals surface area contributed by atoms with Crippen LogP contribution < -0.4 is 5.32 Å². The lowest BCUT2D eigenvalue weighted by Gasteiger charge is -2.07. The average molecular weight is 257 g/mol. The van der Waals surface area contributed by atoms with Crippen molar-refractivity contribution in [2.75, 3.05) is 5.32 Å². The second-order valence-corrected chi connectivity index (χ2v) is 5.63. The van der Waals surface area contributed by atoms with Crippen molar-refractivity contribution in [2.24, 2.45) is 0 Å². The molecule has 0 atom stereocenters. The molecule has 0 amide bonds. The van der Waals surface area contributed by atoms with E-state index >= 15 is 0 Å². The first kappa shape index (κ1) is 12.6. The molecule has 2 aromatic rings. The minimum Gasteiger partial charge on any atom is -0.338 e. The maximum atomic E-state index is 9.01. The molecule has 3 nitrogen and oxygen atoms in total. The molecule has 0 fully saturated rings. The third-order valence-corrected chi connectivity index (χ3v) is 3.55. The van der Waals surface area contributed by atoms with Gasteiger partial charge in [-0.2, -0.15) is 5.26 Å². The van der Waals surface area contributed by atoms with Gasteiger partial charge in [-0.15, -0.1) is 11.3 Å². The van der Waals surface area contributed by atoms with E-state index in [1.165, 1.54) is 16.9 Å². The van der Waals surface area contributed by atoms with Crippen LogP contribution in [0, 0.1) is 18.3 Å². The Morgan fingerprint density at radius 2 is 1.94 bits per heavy atom. The summed E-state index contributed by atoms with van der Waals surface area (Å²) in [5, 5.41) is 13.1. The summed E-state index contributed by atoms with van der Waals surface area (Å²) >= 11 is 1.41. The highest BCUT2D eigenvalue weighted by Gasteiger charge is 2.08. The molecule has 0 aliphatic rings. The van der Waals surface area contributed by atoms with Crippen molar-refractivity contribution in [1.82, 2.24) is 4.98 Å². The number of nitrogens with zero attached hydrogens (tertiary/aromatic N) is 2. The summed E-state index contributed by atoms with van der Waals surface area (Å²) in [6.45, 7) is 6.23. The standard InChI is InChI=1S/C14H15N3S/c1-9(2)11-4-6-12(7-5-11)17-14-13(8-15)18-10(3)16-14/h4-7,9,17H,1-3H3. The van der Waals surface area contributed by atoms with Crippen molar-refractivity contribution in [1.29, 1.82) is 5.26 Å². The molecule has 0 aliphatic heterocycles. The van der Waals surface area contributed by atoms with Gasteiger partial charge in [0.05, 0.1) is 5.01 Å². The monoisotopic (exact) mass is 257 g/mol. The van der Waals surface area contributed by atoms with Crippen LogP contribution in [-0.2, 0) is 0 Å². The summed E-state index contributed by atoms with van der Waals surface area (Å²) in [6.07, 6.45) is 0. The molecule has 0 radical (unpaired) electrons. The number of aromatic nitrogens is 1. The molecule has 1 N–H and O–H groups in total. The smallest absolute Gasteiger partial charge is 0.159 e. The van der Waals surface area contributed by atoms with Crippen LogP contribution in [0.25, 0.3) is 0 Å². The van der Waals surface area contributed by atoms with Gasteiger partial charge in [-0.05, 0) is 30.5 Å². The Morgan fingerprint density at radius 3 is 2.50 bits per heavy atom. The molecule has 0 spiro atoms. The third kappa shape index (κ3) is 2.69. The number of hydrogen-bond donors (Lipinski definition) is 1. The molecule has 0 saturated heterocycles. The largest absolute Gasteiger partial charge is 0.338 e. The molecule has 0 saturated carbocycles. The minimum atomic E-state index is 0.523. The Labute approximate surface area is 111 Å². The third-order valence-electron chi connectivity index (χ3n) is 2.68. The maximum absolute atomic E-state index is 9.01. The topological polar surface area (TPSA) is 48.7 Å². The molecule has 1 aromatic carbocycles. The molecule has 2 rings (SSSR count). The lowest BCUT2D eigenvalue weighted by Crippen LogP contribution is -1.94. The number of thiazole rings is 1. The molecule has 18 heavy (non-hydrogen) atoms. The van der Waals surface area contributed by atoms with E-state index in [1.54, 1.807) is 0 Å². The Morgan fingerprint density at radius 1 is 1.28 bits per heavy atom. The van der Waals surface area contributed by atoms with Crippen LogP contribution >= 0.6 is 11.3 Å². The van der Waals surface area contributed by atoms with E-state index in [-0.39, 0.29) is 0 Å². The summed E-state index contributed by atoms with van der Waals surface area (Å²) in [7, 11) is 0. The van der Waals surface area contributed by atoms with Crippen LogP contribution in [0.3, 0.4) is 0 Å². The molecular formula is C14H15N3S. The van der Waals surface area contributed by atoms with Crippen molar-refractivity contribution in [2.45, 2.75) is 26.7 Å². The number of aryl methyl sites for hydroxylation is 1. The van der Waals surface area contributed by atoms with E-state index in [9.17, 15) is 0 Å². The predicted molar refractivity (Wildman–Crippen MR) is 75.4 cm³/mol. The fourth-order valence-corrected chi connectivity index (χ4v) is 2.35. The van der Waals surface area contributed by atoms with E-state index in [0.717, 1.165) is 10.7 Å². The molecule has 0 unspecified atom stereocenters. The minimum absolute atomic E-state index is 0.523. The highest BCUT2D eigenvalue weighted by molar-refractivity contribution is 7.12. The predicted octanol–water partition coefficient (Wildman–Crippen LogP) is 4.19. The van der Waals surface area contributed by atoms with E-state index in [2.05, 4.69) is 42.4 Å². The number of hydrogen-bond acceptors (Lipinski definition) is 4. The summed E-state index contributed by atoms with van der Waals surface area (Å²) in [4.78, 5) is 4.94. The van der Waals surface area contributed by atoms with Crippen molar-refractivity contribution in [3.63, 3.8) is 0 Å². The van der Waals surface area contributed by atoms with Gasteiger partial charge in [0.25, 0.3) is 0 Å². The maximum Gasteiger partial charge on any atom is 0.159 e. The van der Waals surface area contributed by atoms with Crippen LogP contribution in [-0.4, -0.2) is 4.98 Å². The fourth-order valence-electron chi connectivity index (χ4n) is 1.68. The number of anilines is 2. The number of nitrogens with one attached hydrogen (secondary N) is 1. The van der Waals surface area contributed by atoms with Gasteiger partial charge < -0.3 is 5.32 Å². The average Bonchev–Trinajstić information content (AvgIpc) is 2.70. The fraction of sp³-hybridized carbons (Fsp3) is 0.286. The number of benzene rings is 1. The lowest BCUT2D eigenvalue weighted by atomic mass is 10.0. The highest BCUT2D eigenvalue weighted by Crippen LogP contribution is 2.25. The van der Waals surface area contributed by atoms with Crippen LogP contribution in [0.15, 0.2) is 24.3 Å². The SMILES string of the molecule is Cc1nc(Nc2ccc(C(C)C)cc2)c(C#N)s1. The number of rotatable bonds is 3. The molecular weight excluding hydrogens is 242 g/mol. The van der Waals surface area contributed by atoms with Crippen molar-refractivity contribution in [3.05, 3.63) is 39.7 Å². The van der Waals surface area contributed by atoms with Crippen LogP contribution in [0.5, 0.6) is 0 Å². The Balaban J connectivity index is 2.21. The van der Waals surface area contributed by atoms with Gasteiger partial charge in [-0.1, -0.05) is 26.0 Å². The van der Waals surface area contributed by atoms with Gasteiger partial charge in [0.2, 0.25) is 0 Å². The van der Waals surface area contributed by atoms with Crippen LogP contribution in [0.4, 0.5) is 11.5 Å². The van der Waals surface area contributed by atoms with Gasteiger partial charge in [0, 0.05) is 5.69 Å². The first-order valence-electron chi connectivity index (χ1n) is 5.84. The quantitative estimate of drug-likeness (QED) is 0.896. The number of nitriles is 1. The summed E-state index contributed by atoms with van der Waals surface area (Å²) in [6, 6.07) is 10.4. The van der Waals surface area contributed by atoms with E-state index in [1.807, 2.05) is 19.1 Å². The van der Waals surface area contributed by atoms with Crippen LogP contribution in [0.2, 0.25) is 0 Å². The highest BCUT2D eigenvalue weighted by atomic mass is 32.1. The normalized spacial score (nSPS) is 10.4. The van der Waals surface area contributed by atoms with Crippen LogP contribution in [0.1, 0.15) is 35.2 Å². The van der Waals surface area contributed by atoms with Gasteiger partial charge >= 0.3 is 0 Å². The Bertz CT molecular complexity index is 576. The first-order valence-corrected chi connectivity index (χ1v) is 6.66. The van der Waals surface area contributed by atoms with Crippen molar-refractivity contribution >= 4 is 22.8 Å². The zero-order chi connectivity index (χ0) is 13.1. The molecule has 0 bridgehead atoms. The van der Waals surface area contributed by atoms with Gasteiger partial charge in [0.15, 0.2) is 5.82 Å². The van der Waals surface area contributed by atoms with E-state index in [0.29, 0.717) is 16.6 Å². The molecule has 0 aliphatic carbocycles. The van der Waals surface area contributed by atoms with Gasteiger partial charge in [0.1, 0.15) is 10.9 Å². The molecule has 4 heteroatoms.